The minimum Gasteiger partial charge on any atom is -0.465 e. The van der Waals surface area contributed by atoms with E-state index in [2.05, 4.69) is 4.74 Å². The molecule has 1 aromatic rings. The van der Waals surface area contributed by atoms with Gasteiger partial charge in [0.05, 0.1) is 25.9 Å². The minimum absolute atomic E-state index is 0.0492. The Morgan fingerprint density at radius 3 is 1.96 bits per heavy atom. The molecule has 0 saturated carbocycles. The molecule has 0 aliphatic carbocycles. The molecule has 7 heteroatoms. The molecule has 0 unspecified atom stereocenters. The van der Waals surface area contributed by atoms with Crippen molar-refractivity contribution in [3.63, 3.8) is 0 Å². The van der Waals surface area contributed by atoms with E-state index in [9.17, 15) is 19.2 Å². The Balaban J connectivity index is 3.13. The molecule has 0 N–H and O–H groups in total. The third-order valence-corrected chi connectivity index (χ3v) is 2.86. The quantitative estimate of drug-likeness (QED) is 0.187. The van der Waals surface area contributed by atoms with E-state index >= 15 is 0 Å². The van der Waals surface area contributed by atoms with Gasteiger partial charge in [0.25, 0.3) is 0 Å². The smallest absolute Gasteiger partial charge is 0.342 e. The standard InChI is InChI=1S/C17H18O7/c1-4-23-14(18)10-13(17(21)24-5-2)15(19)11-6-8-12(9-7-11)16(20)22-3/h6-10H,4-5H2,1-3H3/b13-10-. The van der Waals surface area contributed by atoms with Crippen molar-refractivity contribution < 1.29 is 33.4 Å². The van der Waals surface area contributed by atoms with Gasteiger partial charge in [0.2, 0.25) is 5.78 Å². The van der Waals surface area contributed by atoms with Crippen LogP contribution in [-0.2, 0) is 23.8 Å². The Hall–Kier alpha value is -2.96. The van der Waals surface area contributed by atoms with Crippen LogP contribution in [0.2, 0.25) is 0 Å². The maximum absolute atomic E-state index is 12.5. The van der Waals surface area contributed by atoms with E-state index in [1.54, 1.807) is 13.8 Å². The Labute approximate surface area is 139 Å². The van der Waals surface area contributed by atoms with Crippen LogP contribution >= 0.6 is 0 Å². The average molecular weight is 334 g/mol. The van der Waals surface area contributed by atoms with Gasteiger partial charge in [-0.3, -0.25) is 4.79 Å². The fourth-order valence-electron chi connectivity index (χ4n) is 1.76. The lowest BCUT2D eigenvalue weighted by molar-refractivity contribution is -0.140. The van der Waals surface area contributed by atoms with Gasteiger partial charge in [-0.2, -0.15) is 0 Å². The lowest BCUT2D eigenvalue weighted by Crippen LogP contribution is -2.18. The number of ketones is 1. The van der Waals surface area contributed by atoms with Crippen LogP contribution in [0.15, 0.2) is 35.9 Å². The van der Waals surface area contributed by atoms with Crippen LogP contribution in [0.5, 0.6) is 0 Å². The van der Waals surface area contributed by atoms with E-state index in [-0.39, 0.29) is 24.3 Å². The minimum atomic E-state index is -0.924. The fraction of sp³-hybridized carbons (Fsp3) is 0.294. The van der Waals surface area contributed by atoms with Crippen molar-refractivity contribution in [3.05, 3.63) is 47.0 Å². The monoisotopic (exact) mass is 334 g/mol. The van der Waals surface area contributed by atoms with E-state index < -0.39 is 29.3 Å². The molecule has 0 aliphatic rings. The Kier molecular flexibility index (Phi) is 7.35. The molecule has 0 amide bonds. The van der Waals surface area contributed by atoms with Crippen LogP contribution in [0.1, 0.15) is 34.6 Å². The summed E-state index contributed by atoms with van der Waals surface area (Å²) < 4.78 is 14.1. The highest BCUT2D eigenvalue weighted by molar-refractivity contribution is 6.26. The average Bonchev–Trinajstić information content (AvgIpc) is 2.59. The number of rotatable bonds is 7. The predicted molar refractivity (Wildman–Crippen MR) is 83.5 cm³/mol. The van der Waals surface area contributed by atoms with E-state index in [4.69, 9.17) is 9.47 Å². The van der Waals surface area contributed by atoms with Gasteiger partial charge in [0.15, 0.2) is 0 Å². The van der Waals surface area contributed by atoms with Crippen LogP contribution in [0.25, 0.3) is 0 Å². The summed E-state index contributed by atoms with van der Waals surface area (Å²) in [5, 5.41) is 0. The Morgan fingerprint density at radius 1 is 0.917 bits per heavy atom. The molecule has 0 aromatic heterocycles. The first kappa shape index (κ1) is 19.1. The van der Waals surface area contributed by atoms with Gasteiger partial charge in [0, 0.05) is 11.6 Å². The zero-order valence-electron chi connectivity index (χ0n) is 13.7. The lowest BCUT2D eigenvalue weighted by Gasteiger charge is -2.07. The fourth-order valence-corrected chi connectivity index (χ4v) is 1.76. The number of carbonyl (C=O) groups is 4. The van der Waals surface area contributed by atoms with Crippen molar-refractivity contribution >= 4 is 23.7 Å². The second kappa shape index (κ2) is 9.24. The van der Waals surface area contributed by atoms with Crippen LogP contribution in [0.4, 0.5) is 0 Å². The molecule has 7 nitrogen and oxygen atoms in total. The second-order valence-corrected chi connectivity index (χ2v) is 4.43. The third-order valence-electron chi connectivity index (χ3n) is 2.86. The first-order chi connectivity index (χ1) is 11.4. The van der Waals surface area contributed by atoms with Gasteiger partial charge in [-0.1, -0.05) is 12.1 Å². The number of Topliss-reactive ketones (excluding diaryl/α,β-unsaturated/α-hetero) is 1. The predicted octanol–water partition coefficient (Wildman–Crippen LogP) is 1.71. The van der Waals surface area contributed by atoms with Gasteiger partial charge in [-0.25, -0.2) is 14.4 Å². The molecule has 0 heterocycles. The van der Waals surface area contributed by atoms with Gasteiger partial charge >= 0.3 is 17.9 Å². The van der Waals surface area contributed by atoms with Crippen molar-refractivity contribution in [2.75, 3.05) is 20.3 Å². The normalized spacial score (nSPS) is 10.7. The van der Waals surface area contributed by atoms with Gasteiger partial charge in [0.1, 0.15) is 5.57 Å². The molecule has 0 fully saturated rings. The Bertz CT molecular complexity index is 656. The van der Waals surface area contributed by atoms with Crippen molar-refractivity contribution in [2.45, 2.75) is 13.8 Å². The maximum Gasteiger partial charge on any atom is 0.342 e. The number of carbonyl (C=O) groups excluding carboxylic acids is 4. The number of hydrogen-bond donors (Lipinski definition) is 0. The first-order valence-electron chi connectivity index (χ1n) is 7.23. The van der Waals surface area contributed by atoms with E-state index in [1.807, 2.05) is 0 Å². The molecule has 0 atom stereocenters. The van der Waals surface area contributed by atoms with Crippen molar-refractivity contribution in [1.29, 1.82) is 0 Å². The van der Waals surface area contributed by atoms with Crippen LogP contribution in [-0.4, -0.2) is 44.0 Å². The number of esters is 3. The summed E-state index contributed by atoms with van der Waals surface area (Å²) in [5.41, 5.74) is -0.0755. The summed E-state index contributed by atoms with van der Waals surface area (Å²) in [7, 11) is 1.24. The Morgan fingerprint density at radius 2 is 1.46 bits per heavy atom. The molecule has 128 valence electrons. The van der Waals surface area contributed by atoms with Crippen molar-refractivity contribution in [3.8, 4) is 0 Å². The summed E-state index contributed by atoms with van der Waals surface area (Å²) >= 11 is 0. The highest BCUT2D eigenvalue weighted by Gasteiger charge is 2.23. The van der Waals surface area contributed by atoms with Gasteiger partial charge in [-0.15, -0.1) is 0 Å². The van der Waals surface area contributed by atoms with E-state index in [0.717, 1.165) is 6.08 Å². The SMILES string of the molecule is CCOC(=O)/C=C(\C(=O)OCC)C(=O)c1ccc(C(=O)OC)cc1. The molecule has 0 saturated heterocycles. The zero-order valence-corrected chi connectivity index (χ0v) is 13.7. The molecule has 1 rings (SSSR count). The van der Waals surface area contributed by atoms with E-state index in [1.165, 1.54) is 31.4 Å². The molecule has 0 bridgehead atoms. The van der Waals surface area contributed by atoms with Gasteiger partial charge < -0.3 is 14.2 Å². The lowest BCUT2D eigenvalue weighted by atomic mass is 10.0. The molecule has 0 aliphatic heterocycles. The number of ether oxygens (including phenoxy) is 3. The van der Waals surface area contributed by atoms with E-state index in [0.29, 0.717) is 0 Å². The summed E-state index contributed by atoms with van der Waals surface area (Å²) in [6, 6.07) is 5.47. The summed E-state index contributed by atoms with van der Waals surface area (Å²) in [5.74, 6) is -3.01. The molecule has 24 heavy (non-hydrogen) atoms. The topological polar surface area (TPSA) is 96.0 Å². The van der Waals surface area contributed by atoms with Gasteiger partial charge in [-0.05, 0) is 26.0 Å². The molecule has 0 radical (unpaired) electrons. The third kappa shape index (κ3) is 5.05. The number of benzene rings is 1. The van der Waals surface area contributed by atoms with Crippen molar-refractivity contribution in [1.82, 2.24) is 0 Å². The summed E-state index contributed by atoms with van der Waals surface area (Å²) in [6.45, 7) is 3.33. The summed E-state index contributed by atoms with van der Waals surface area (Å²) in [4.78, 5) is 47.3. The zero-order chi connectivity index (χ0) is 18.1. The highest BCUT2D eigenvalue weighted by Crippen LogP contribution is 2.13. The van der Waals surface area contributed by atoms with Crippen LogP contribution in [0, 0.1) is 0 Å². The molecular weight excluding hydrogens is 316 g/mol. The number of hydrogen-bond acceptors (Lipinski definition) is 7. The van der Waals surface area contributed by atoms with Crippen molar-refractivity contribution in [2.24, 2.45) is 0 Å². The summed E-state index contributed by atoms with van der Waals surface area (Å²) in [6.07, 6.45) is 0.804. The van der Waals surface area contributed by atoms with Crippen LogP contribution < -0.4 is 0 Å². The largest absolute Gasteiger partial charge is 0.465 e. The van der Waals surface area contributed by atoms with Crippen LogP contribution in [0.3, 0.4) is 0 Å². The highest BCUT2D eigenvalue weighted by atomic mass is 16.5. The molecular formula is C17H18O7. The molecule has 1 aromatic carbocycles. The second-order valence-electron chi connectivity index (χ2n) is 4.43. The maximum atomic E-state index is 12.5. The molecule has 0 spiro atoms. The number of methoxy groups -OCH3 is 1. The first-order valence-corrected chi connectivity index (χ1v) is 7.23.